The Morgan fingerprint density at radius 1 is 0.970 bits per heavy atom. The molecule has 3 heterocycles. The molecule has 2 aromatic carbocycles. The van der Waals surface area contributed by atoms with Crippen LogP contribution in [0.15, 0.2) is 81.8 Å². The molecule has 9 heteroatoms. The number of hydrogen-bond donors (Lipinski definition) is 1. The van der Waals surface area contributed by atoms with Gasteiger partial charge in [0.15, 0.2) is 5.65 Å². The Bertz CT molecular complexity index is 1660. The lowest BCUT2D eigenvalue weighted by Crippen LogP contribution is -2.08. The highest BCUT2D eigenvalue weighted by Gasteiger charge is 2.31. The SMILES string of the molecule is Cc1ccc(C)c(S(=O)(=O)c2c(N)n(/N=C/c3ccccn3)c3nc4ccccc4nc23)c1. The standard InChI is InChI=1S/C24H20N6O2S/c1-15-10-11-16(2)20(13-15)33(31,32)22-21-24(29-19-9-4-3-8-18(19)28-21)30(23(22)25)27-14-17-7-5-6-12-26-17/h3-14H,25H2,1-2H3/b27-14+. The van der Waals surface area contributed by atoms with Crippen LogP contribution in [0.4, 0.5) is 5.82 Å². The van der Waals surface area contributed by atoms with E-state index in [4.69, 9.17) is 5.73 Å². The number of rotatable bonds is 4. The van der Waals surface area contributed by atoms with Crippen molar-refractivity contribution in [2.24, 2.45) is 5.10 Å². The van der Waals surface area contributed by atoms with Crippen molar-refractivity contribution >= 4 is 44.1 Å². The molecule has 0 aliphatic heterocycles. The third-order valence-corrected chi connectivity index (χ3v) is 7.28. The molecule has 8 nitrogen and oxygen atoms in total. The zero-order chi connectivity index (χ0) is 23.2. The minimum atomic E-state index is -4.02. The van der Waals surface area contributed by atoms with E-state index in [-0.39, 0.29) is 26.8 Å². The number of nitrogens with two attached hydrogens (primary N) is 1. The zero-order valence-corrected chi connectivity index (χ0v) is 18.8. The average Bonchev–Trinajstić information content (AvgIpc) is 3.09. The van der Waals surface area contributed by atoms with Gasteiger partial charge in [0.05, 0.1) is 27.8 Å². The summed E-state index contributed by atoms with van der Waals surface area (Å²) < 4.78 is 29.0. The van der Waals surface area contributed by atoms with Crippen LogP contribution in [0.3, 0.4) is 0 Å². The van der Waals surface area contributed by atoms with Crippen LogP contribution in [-0.4, -0.2) is 34.3 Å². The summed E-state index contributed by atoms with van der Waals surface area (Å²) in [6, 6.07) is 17.9. The summed E-state index contributed by atoms with van der Waals surface area (Å²) in [5, 5.41) is 4.42. The number of fused-ring (bicyclic) bond motifs is 2. The summed E-state index contributed by atoms with van der Waals surface area (Å²) in [7, 11) is -4.02. The molecule has 0 aliphatic carbocycles. The normalized spacial score (nSPS) is 12.2. The van der Waals surface area contributed by atoms with Crippen LogP contribution >= 0.6 is 0 Å². The van der Waals surface area contributed by atoms with Gasteiger partial charge in [0.1, 0.15) is 16.2 Å². The number of benzene rings is 2. The first kappa shape index (κ1) is 20.8. The first-order valence-electron chi connectivity index (χ1n) is 10.2. The van der Waals surface area contributed by atoms with Crippen LogP contribution in [0.5, 0.6) is 0 Å². The second-order valence-electron chi connectivity index (χ2n) is 7.68. The van der Waals surface area contributed by atoms with Gasteiger partial charge >= 0.3 is 0 Å². The molecule has 0 bridgehead atoms. The Hall–Kier alpha value is -4.11. The molecule has 3 aromatic heterocycles. The Morgan fingerprint density at radius 2 is 1.70 bits per heavy atom. The van der Waals surface area contributed by atoms with Gasteiger partial charge in [-0.2, -0.15) is 9.78 Å². The fraction of sp³-hybridized carbons (Fsp3) is 0.0833. The Balaban J connectivity index is 1.83. The largest absolute Gasteiger partial charge is 0.382 e. The van der Waals surface area contributed by atoms with E-state index in [1.807, 2.05) is 31.2 Å². The highest BCUT2D eigenvalue weighted by atomic mass is 32.2. The molecule has 5 aromatic rings. The van der Waals surface area contributed by atoms with Crippen LogP contribution in [0.25, 0.3) is 22.2 Å². The minimum Gasteiger partial charge on any atom is -0.382 e. The molecule has 0 atom stereocenters. The molecule has 0 saturated carbocycles. The second-order valence-corrected chi connectivity index (χ2v) is 9.54. The average molecular weight is 457 g/mol. The van der Waals surface area contributed by atoms with Crippen LogP contribution < -0.4 is 5.73 Å². The summed E-state index contributed by atoms with van der Waals surface area (Å²) in [6.07, 6.45) is 3.14. The Kier molecular flexibility index (Phi) is 4.90. The van der Waals surface area contributed by atoms with Gasteiger partial charge < -0.3 is 5.73 Å². The van der Waals surface area contributed by atoms with E-state index in [0.29, 0.717) is 22.3 Å². The van der Waals surface area contributed by atoms with Crippen molar-refractivity contribution in [3.05, 3.63) is 83.7 Å². The van der Waals surface area contributed by atoms with Crippen LogP contribution in [0, 0.1) is 13.8 Å². The molecule has 5 rings (SSSR count). The van der Waals surface area contributed by atoms with Crippen molar-refractivity contribution in [1.29, 1.82) is 0 Å². The van der Waals surface area contributed by atoms with Gasteiger partial charge in [-0.15, -0.1) is 0 Å². The number of para-hydroxylation sites is 2. The molecular weight excluding hydrogens is 436 g/mol. The molecule has 0 fully saturated rings. The predicted molar refractivity (Wildman–Crippen MR) is 128 cm³/mol. The van der Waals surface area contributed by atoms with Crippen molar-refractivity contribution in [2.75, 3.05) is 5.73 Å². The first-order chi connectivity index (χ1) is 15.9. The topological polar surface area (TPSA) is 116 Å². The van der Waals surface area contributed by atoms with Gasteiger partial charge in [0, 0.05) is 6.20 Å². The summed E-state index contributed by atoms with van der Waals surface area (Å²) in [5.41, 5.74) is 10.0. The van der Waals surface area contributed by atoms with E-state index in [9.17, 15) is 8.42 Å². The molecule has 0 saturated heterocycles. The summed E-state index contributed by atoms with van der Waals surface area (Å²) in [4.78, 5) is 13.6. The van der Waals surface area contributed by atoms with E-state index in [1.54, 1.807) is 49.5 Å². The molecular formula is C24H20N6O2S. The molecule has 2 N–H and O–H groups in total. The molecule has 0 aliphatic rings. The highest BCUT2D eigenvalue weighted by molar-refractivity contribution is 7.92. The quantitative estimate of drug-likeness (QED) is 0.410. The molecule has 164 valence electrons. The van der Waals surface area contributed by atoms with Gasteiger partial charge in [-0.25, -0.2) is 18.4 Å². The Morgan fingerprint density at radius 3 is 2.42 bits per heavy atom. The summed E-state index contributed by atoms with van der Waals surface area (Å²) >= 11 is 0. The number of sulfone groups is 1. The van der Waals surface area contributed by atoms with Gasteiger partial charge in [0.2, 0.25) is 9.84 Å². The summed E-state index contributed by atoms with van der Waals surface area (Å²) in [6.45, 7) is 3.59. The second kappa shape index (κ2) is 7.79. The lowest BCUT2D eigenvalue weighted by Gasteiger charge is -2.09. The van der Waals surface area contributed by atoms with E-state index in [0.717, 1.165) is 5.56 Å². The van der Waals surface area contributed by atoms with Crippen LogP contribution in [-0.2, 0) is 9.84 Å². The molecule has 33 heavy (non-hydrogen) atoms. The van der Waals surface area contributed by atoms with Crippen molar-refractivity contribution < 1.29 is 8.42 Å². The Labute approximate surface area is 190 Å². The van der Waals surface area contributed by atoms with E-state index < -0.39 is 9.84 Å². The predicted octanol–water partition coefficient (Wildman–Crippen LogP) is 3.89. The van der Waals surface area contributed by atoms with Crippen molar-refractivity contribution in [3.63, 3.8) is 0 Å². The molecule has 0 amide bonds. The molecule has 0 radical (unpaired) electrons. The monoisotopic (exact) mass is 456 g/mol. The third-order valence-electron chi connectivity index (χ3n) is 5.32. The fourth-order valence-electron chi connectivity index (χ4n) is 3.68. The fourth-order valence-corrected chi connectivity index (χ4v) is 5.49. The molecule has 0 unspecified atom stereocenters. The maximum Gasteiger partial charge on any atom is 0.212 e. The maximum absolute atomic E-state index is 13.8. The molecule has 0 spiro atoms. The maximum atomic E-state index is 13.8. The van der Waals surface area contributed by atoms with Crippen molar-refractivity contribution in [1.82, 2.24) is 19.6 Å². The van der Waals surface area contributed by atoms with E-state index in [1.165, 1.54) is 10.9 Å². The van der Waals surface area contributed by atoms with Crippen LogP contribution in [0.2, 0.25) is 0 Å². The number of aromatic nitrogens is 4. The van der Waals surface area contributed by atoms with E-state index >= 15 is 0 Å². The number of aryl methyl sites for hydroxylation is 2. The third kappa shape index (κ3) is 3.52. The number of nitrogens with zero attached hydrogens (tertiary/aromatic N) is 5. The lowest BCUT2D eigenvalue weighted by molar-refractivity contribution is 0.596. The first-order valence-corrected chi connectivity index (χ1v) is 11.7. The number of anilines is 1. The smallest absolute Gasteiger partial charge is 0.212 e. The van der Waals surface area contributed by atoms with Gasteiger partial charge in [-0.3, -0.25) is 4.98 Å². The van der Waals surface area contributed by atoms with E-state index in [2.05, 4.69) is 20.1 Å². The van der Waals surface area contributed by atoms with Crippen molar-refractivity contribution in [2.45, 2.75) is 23.6 Å². The number of pyridine rings is 1. The highest BCUT2D eigenvalue weighted by Crippen LogP contribution is 2.36. The van der Waals surface area contributed by atoms with Crippen LogP contribution in [0.1, 0.15) is 16.8 Å². The van der Waals surface area contributed by atoms with Gasteiger partial charge in [-0.05, 0) is 55.3 Å². The number of hydrogen-bond acceptors (Lipinski definition) is 7. The zero-order valence-electron chi connectivity index (χ0n) is 18.0. The van der Waals surface area contributed by atoms with Gasteiger partial charge in [0.25, 0.3) is 0 Å². The van der Waals surface area contributed by atoms with Crippen molar-refractivity contribution in [3.8, 4) is 0 Å². The minimum absolute atomic E-state index is 0.0617. The lowest BCUT2D eigenvalue weighted by atomic mass is 10.2. The van der Waals surface area contributed by atoms with Gasteiger partial charge in [-0.1, -0.05) is 30.3 Å². The number of nitrogen functional groups attached to an aromatic ring is 1. The summed E-state index contributed by atoms with van der Waals surface area (Å²) in [5.74, 6) is -0.0617.